The maximum Gasteiger partial charge on any atom is 0.200 e. The van der Waals surface area contributed by atoms with Crippen molar-refractivity contribution in [1.82, 2.24) is 10.2 Å². The summed E-state index contributed by atoms with van der Waals surface area (Å²) in [6.07, 6.45) is 1.32. The predicted molar refractivity (Wildman–Crippen MR) is 106 cm³/mol. The van der Waals surface area contributed by atoms with Crippen LogP contribution in [0.1, 0.15) is 34.9 Å². The van der Waals surface area contributed by atoms with E-state index in [0.29, 0.717) is 6.54 Å². The second-order valence-electron chi connectivity index (χ2n) is 7.63. The number of Topliss-reactive ketones (excluding diaryl/α,β-unsaturated/α-hetero) is 1. The highest BCUT2D eigenvalue weighted by Crippen LogP contribution is 2.44. The van der Waals surface area contributed by atoms with Crippen molar-refractivity contribution in [3.05, 3.63) is 35.4 Å². The number of nitrogens with one attached hydrogen (secondary N) is 1. The molecule has 0 aliphatic carbocycles. The summed E-state index contributed by atoms with van der Waals surface area (Å²) in [5.74, 6) is -2.89. The molecule has 0 aromatic heterocycles. The van der Waals surface area contributed by atoms with Gasteiger partial charge >= 0.3 is 0 Å². The summed E-state index contributed by atoms with van der Waals surface area (Å²) in [6.45, 7) is 3.23. The van der Waals surface area contributed by atoms with Gasteiger partial charge < -0.3 is 40.5 Å². The molecular formula is C21H24N2O7. The number of carbonyl (C=O) groups excluding carboxylic acids is 1. The molecule has 2 aromatic rings. The van der Waals surface area contributed by atoms with Gasteiger partial charge in [-0.1, -0.05) is 0 Å². The van der Waals surface area contributed by atoms with Crippen LogP contribution in [0.2, 0.25) is 0 Å². The Bertz CT molecular complexity index is 949. The van der Waals surface area contributed by atoms with E-state index in [1.165, 1.54) is 18.2 Å². The third kappa shape index (κ3) is 3.69. The molecule has 0 unspecified atom stereocenters. The Labute approximate surface area is 172 Å². The standard InChI is InChI=1S/C21H24N2O7/c24-12-9-13(25)17-16(10-12)30-21(11-7-14(26)19(28)15(27)8-11)18(20(17)29)22-3-6-23-4-1-2-5-23/h7-10,18,21-22,24-28H,1-6H2/t18-,21-/m1/s1. The van der Waals surface area contributed by atoms with E-state index in [-0.39, 0.29) is 22.6 Å². The topological polar surface area (TPSA) is 143 Å². The molecule has 2 aromatic carbocycles. The zero-order chi connectivity index (χ0) is 21.4. The highest BCUT2D eigenvalue weighted by Gasteiger charge is 2.40. The van der Waals surface area contributed by atoms with Crippen molar-refractivity contribution in [2.24, 2.45) is 0 Å². The number of benzene rings is 2. The molecule has 2 atom stereocenters. The second-order valence-corrected chi connectivity index (χ2v) is 7.63. The molecule has 2 aliphatic rings. The van der Waals surface area contributed by atoms with Crippen molar-refractivity contribution in [2.75, 3.05) is 26.2 Å². The summed E-state index contributed by atoms with van der Waals surface area (Å²) >= 11 is 0. The molecule has 0 amide bonds. The Kier molecular flexibility index (Phi) is 5.31. The van der Waals surface area contributed by atoms with Gasteiger partial charge in [-0.3, -0.25) is 4.79 Å². The van der Waals surface area contributed by atoms with Gasteiger partial charge in [0.1, 0.15) is 35.0 Å². The number of ether oxygens (including phenoxy) is 1. The molecule has 0 saturated carbocycles. The number of rotatable bonds is 5. The largest absolute Gasteiger partial charge is 0.508 e. The Morgan fingerprint density at radius 2 is 1.63 bits per heavy atom. The van der Waals surface area contributed by atoms with Crippen molar-refractivity contribution >= 4 is 5.78 Å². The summed E-state index contributed by atoms with van der Waals surface area (Å²) in [6, 6.07) is 3.78. The number of phenols is 5. The van der Waals surface area contributed by atoms with E-state index in [9.17, 15) is 30.3 Å². The maximum absolute atomic E-state index is 13.2. The van der Waals surface area contributed by atoms with Crippen LogP contribution in [0.3, 0.4) is 0 Å². The molecule has 9 heteroatoms. The second kappa shape index (κ2) is 7.92. The third-order valence-electron chi connectivity index (χ3n) is 5.56. The van der Waals surface area contributed by atoms with Crippen molar-refractivity contribution in [3.8, 4) is 34.5 Å². The molecule has 160 valence electrons. The van der Waals surface area contributed by atoms with Gasteiger partial charge in [0.2, 0.25) is 0 Å². The fourth-order valence-corrected chi connectivity index (χ4v) is 4.06. The zero-order valence-corrected chi connectivity index (χ0v) is 16.2. The minimum atomic E-state index is -0.970. The lowest BCUT2D eigenvalue weighted by atomic mass is 9.90. The molecule has 0 spiro atoms. The highest BCUT2D eigenvalue weighted by atomic mass is 16.5. The van der Waals surface area contributed by atoms with Crippen LogP contribution < -0.4 is 10.1 Å². The number of carbonyl (C=O) groups is 1. The number of fused-ring (bicyclic) bond motifs is 1. The van der Waals surface area contributed by atoms with Crippen molar-refractivity contribution in [1.29, 1.82) is 0 Å². The van der Waals surface area contributed by atoms with E-state index in [4.69, 9.17) is 4.74 Å². The Morgan fingerprint density at radius 3 is 2.30 bits per heavy atom. The summed E-state index contributed by atoms with van der Waals surface area (Å²) in [5.41, 5.74) is 0.207. The number of likely N-dealkylation sites (tertiary alicyclic amines) is 1. The van der Waals surface area contributed by atoms with Gasteiger partial charge in [0, 0.05) is 30.8 Å². The van der Waals surface area contributed by atoms with E-state index in [2.05, 4.69) is 10.2 Å². The fraction of sp³-hybridized carbons (Fsp3) is 0.381. The van der Waals surface area contributed by atoms with Crippen molar-refractivity contribution in [3.63, 3.8) is 0 Å². The molecule has 1 saturated heterocycles. The summed E-state index contributed by atoms with van der Waals surface area (Å²) < 4.78 is 5.91. The smallest absolute Gasteiger partial charge is 0.200 e. The number of nitrogens with zero attached hydrogens (tertiary/aromatic N) is 1. The van der Waals surface area contributed by atoms with E-state index in [0.717, 1.165) is 38.5 Å². The first-order valence-corrected chi connectivity index (χ1v) is 9.82. The zero-order valence-electron chi connectivity index (χ0n) is 16.2. The van der Waals surface area contributed by atoms with Crippen LogP contribution in [0.4, 0.5) is 0 Å². The van der Waals surface area contributed by atoms with Gasteiger partial charge in [-0.15, -0.1) is 0 Å². The number of ketones is 1. The number of hydrogen-bond acceptors (Lipinski definition) is 9. The Hall–Kier alpha value is -3.17. The Morgan fingerprint density at radius 1 is 0.967 bits per heavy atom. The first-order valence-electron chi connectivity index (χ1n) is 9.82. The lowest BCUT2D eigenvalue weighted by Crippen LogP contribution is -2.48. The number of hydrogen-bond donors (Lipinski definition) is 6. The minimum absolute atomic E-state index is 0.00727. The number of aromatic hydroxyl groups is 5. The maximum atomic E-state index is 13.2. The van der Waals surface area contributed by atoms with Crippen LogP contribution in [-0.2, 0) is 0 Å². The van der Waals surface area contributed by atoms with Gasteiger partial charge in [0.25, 0.3) is 0 Å². The molecular weight excluding hydrogens is 392 g/mol. The SMILES string of the molecule is O=C1c2c(O)cc(O)cc2O[C@H](c2cc(O)c(O)c(O)c2)[C@@H]1NCCN1CCCC1. The fourth-order valence-electron chi connectivity index (χ4n) is 4.06. The minimum Gasteiger partial charge on any atom is -0.508 e. The molecule has 4 rings (SSSR count). The first kappa shape index (κ1) is 20.1. The van der Waals surface area contributed by atoms with Gasteiger partial charge in [-0.05, 0) is 38.1 Å². The molecule has 6 N–H and O–H groups in total. The average Bonchev–Trinajstić information content (AvgIpc) is 3.20. The summed E-state index contributed by atoms with van der Waals surface area (Å²) in [5, 5.41) is 52.6. The van der Waals surface area contributed by atoms with Crippen LogP contribution in [-0.4, -0.2) is 68.4 Å². The Balaban J connectivity index is 1.67. The van der Waals surface area contributed by atoms with Crippen LogP contribution in [0.5, 0.6) is 34.5 Å². The van der Waals surface area contributed by atoms with Crippen molar-refractivity contribution in [2.45, 2.75) is 25.0 Å². The van der Waals surface area contributed by atoms with Gasteiger partial charge in [0.15, 0.2) is 23.0 Å². The molecule has 2 aliphatic heterocycles. The average molecular weight is 416 g/mol. The lowest BCUT2D eigenvalue weighted by molar-refractivity contribution is 0.0723. The molecule has 2 heterocycles. The van der Waals surface area contributed by atoms with Gasteiger partial charge in [0.05, 0.1) is 0 Å². The molecule has 1 fully saturated rings. The first-order chi connectivity index (χ1) is 14.3. The monoisotopic (exact) mass is 416 g/mol. The number of phenolic OH excluding ortho intramolecular Hbond substituents is 5. The predicted octanol–water partition coefficient (Wildman–Crippen LogP) is 1.59. The van der Waals surface area contributed by atoms with Crippen molar-refractivity contribution < 1.29 is 35.1 Å². The summed E-state index contributed by atoms with van der Waals surface area (Å²) in [7, 11) is 0. The highest BCUT2D eigenvalue weighted by molar-refractivity contribution is 6.06. The molecule has 30 heavy (non-hydrogen) atoms. The molecule has 9 nitrogen and oxygen atoms in total. The molecule has 0 bridgehead atoms. The van der Waals surface area contributed by atoms with Crippen LogP contribution in [0, 0.1) is 0 Å². The quantitative estimate of drug-likeness (QED) is 0.401. The third-order valence-corrected chi connectivity index (χ3v) is 5.56. The molecule has 0 radical (unpaired) electrons. The van der Waals surface area contributed by atoms with E-state index >= 15 is 0 Å². The van der Waals surface area contributed by atoms with E-state index < -0.39 is 40.9 Å². The van der Waals surface area contributed by atoms with Crippen LogP contribution in [0.15, 0.2) is 24.3 Å². The van der Waals surface area contributed by atoms with Crippen LogP contribution in [0.25, 0.3) is 0 Å². The van der Waals surface area contributed by atoms with Crippen LogP contribution >= 0.6 is 0 Å². The van der Waals surface area contributed by atoms with Gasteiger partial charge in [-0.25, -0.2) is 0 Å². The normalized spacial score (nSPS) is 21.4. The lowest BCUT2D eigenvalue weighted by Gasteiger charge is -2.34. The van der Waals surface area contributed by atoms with E-state index in [1.807, 2.05) is 0 Å². The van der Waals surface area contributed by atoms with Gasteiger partial charge in [-0.2, -0.15) is 0 Å². The van der Waals surface area contributed by atoms with E-state index in [1.54, 1.807) is 0 Å². The summed E-state index contributed by atoms with van der Waals surface area (Å²) in [4.78, 5) is 15.5.